The van der Waals surface area contributed by atoms with Crippen molar-refractivity contribution in [1.29, 1.82) is 0 Å². The lowest BCUT2D eigenvalue weighted by Crippen LogP contribution is -2.19. The van der Waals surface area contributed by atoms with Gasteiger partial charge in [-0.3, -0.25) is 9.59 Å². The summed E-state index contributed by atoms with van der Waals surface area (Å²) in [5, 5.41) is 7.62. The summed E-state index contributed by atoms with van der Waals surface area (Å²) < 4.78 is 0. The second kappa shape index (κ2) is 9.49. The Morgan fingerprint density at radius 1 is 0.710 bits per heavy atom. The van der Waals surface area contributed by atoms with E-state index in [2.05, 4.69) is 10.6 Å². The number of thioether (sulfide) groups is 1. The molecular weight excluding hydrogens is 404 g/mol. The molecule has 2 N–H and O–H groups in total. The molecule has 1 atom stereocenters. The molecule has 4 aromatic carbocycles. The molecule has 0 spiro atoms. The van der Waals surface area contributed by atoms with Crippen LogP contribution in [0.3, 0.4) is 0 Å². The zero-order chi connectivity index (χ0) is 21.6. The molecule has 0 aliphatic heterocycles. The predicted octanol–water partition coefficient (Wildman–Crippen LogP) is 6.27. The van der Waals surface area contributed by atoms with Gasteiger partial charge < -0.3 is 10.6 Å². The fourth-order valence-corrected chi connectivity index (χ4v) is 4.45. The highest BCUT2D eigenvalue weighted by molar-refractivity contribution is 8.00. The van der Waals surface area contributed by atoms with Gasteiger partial charge in [0.05, 0.1) is 0 Å². The standard InChI is InChI=1S/C26H22N2O2S/c1-18(29)27-22-12-7-13-24(17-22)31-25(20-9-3-2-4-10-20)26(30)28-23-15-14-19-8-5-6-11-21(19)16-23/h2-17,25H,1H3,(H,27,29)(H,28,30). The second-order valence-electron chi connectivity index (χ2n) is 7.17. The number of hydrogen-bond acceptors (Lipinski definition) is 3. The lowest BCUT2D eigenvalue weighted by molar-refractivity contribution is -0.116. The fraction of sp³-hybridized carbons (Fsp3) is 0.0769. The molecule has 4 nitrogen and oxygen atoms in total. The maximum atomic E-state index is 13.3. The zero-order valence-electron chi connectivity index (χ0n) is 17.0. The van der Waals surface area contributed by atoms with Gasteiger partial charge in [-0.25, -0.2) is 0 Å². The third kappa shape index (κ3) is 5.32. The number of fused-ring (bicyclic) bond motifs is 1. The van der Waals surface area contributed by atoms with Crippen molar-refractivity contribution in [2.45, 2.75) is 17.1 Å². The van der Waals surface area contributed by atoms with Crippen molar-refractivity contribution in [2.75, 3.05) is 10.6 Å². The summed E-state index contributed by atoms with van der Waals surface area (Å²) in [7, 11) is 0. The Kier molecular flexibility index (Phi) is 6.34. The smallest absolute Gasteiger partial charge is 0.242 e. The molecule has 0 bridgehead atoms. The molecule has 0 fully saturated rings. The Labute approximate surface area is 185 Å². The van der Waals surface area contributed by atoms with Gasteiger partial charge in [0.15, 0.2) is 0 Å². The van der Waals surface area contributed by atoms with Crippen LogP contribution in [0.25, 0.3) is 10.8 Å². The van der Waals surface area contributed by atoms with Gasteiger partial charge in [-0.1, -0.05) is 66.7 Å². The third-order valence-corrected chi connectivity index (χ3v) is 6.01. The lowest BCUT2D eigenvalue weighted by atomic mass is 10.1. The van der Waals surface area contributed by atoms with Crippen molar-refractivity contribution in [1.82, 2.24) is 0 Å². The van der Waals surface area contributed by atoms with Crippen LogP contribution in [0.1, 0.15) is 17.7 Å². The van der Waals surface area contributed by atoms with Crippen LogP contribution in [0, 0.1) is 0 Å². The number of rotatable bonds is 6. The van der Waals surface area contributed by atoms with E-state index in [4.69, 9.17) is 0 Å². The Bertz CT molecular complexity index is 1220. The molecule has 0 saturated carbocycles. The SMILES string of the molecule is CC(=O)Nc1cccc(SC(C(=O)Nc2ccc3ccccc3c2)c2ccccc2)c1. The molecule has 154 valence electrons. The number of carbonyl (C=O) groups is 2. The van der Waals surface area contributed by atoms with Crippen LogP contribution in [-0.4, -0.2) is 11.8 Å². The van der Waals surface area contributed by atoms with Crippen LogP contribution < -0.4 is 10.6 Å². The van der Waals surface area contributed by atoms with Gasteiger partial charge in [-0.15, -0.1) is 11.8 Å². The van der Waals surface area contributed by atoms with Crippen LogP contribution >= 0.6 is 11.8 Å². The second-order valence-corrected chi connectivity index (χ2v) is 8.35. The van der Waals surface area contributed by atoms with Crippen LogP contribution in [0.15, 0.2) is 102 Å². The Morgan fingerprint density at radius 3 is 2.19 bits per heavy atom. The molecule has 0 radical (unpaired) electrons. The Balaban J connectivity index is 1.60. The van der Waals surface area contributed by atoms with Gasteiger partial charge in [0.2, 0.25) is 11.8 Å². The van der Waals surface area contributed by atoms with E-state index >= 15 is 0 Å². The van der Waals surface area contributed by atoms with E-state index in [-0.39, 0.29) is 11.8 Å². The molecule has 4 rings (SSSR count). The van der Waals surface area contributed by atoms with E-state index in [0.29, 0.717) is 5.69 Å². The molecule has 0 aliphatic rings. The minimum atomic E-state index is -0.444. The van der Waals surface area contributed by atoms with Crippen molar-refractivity contribution in [2.24, 2.45) is 0 Å². The highest BCUT2D eigenvalue weighted by Crippen LogP contribution is 2.37. The molecule has 5 heteroatoms. The van der Waals surface area contributed by atoms with Crippen molar-refractivity contribution in [3.8, 4) is 0 Å². The fourth-order valence-electron chi connectivity index (χ4n) is 3.36. The summed E-state index contributed by atoms with van der Waals surface area (Å²) in [6.45, 7) is 1.48. The number of hydrogen-bond donors (Lipinski definition) is 2. The zero-order valence-corrected chi connectivity index (χ0v) is 17.9. The number of carbonyl (C=O) groups excluding carboxylic acids is 2. The molecule has 1 unspecified atom stereocenters. The van der Waals surface area contributed by atoms with E-state index in [1.165, 1.54) is 18.7 Å². The van der Waals surface area contributed by atoms with Crippen molar-refractivity contribution in [3.63, 3.8) is 0 Å². The number of amides is 2. The molecule has 4 aromatic rings. The largest absolute Gasteiger partial charge is 0.326 e. The first-order valence-corrected chi connectivity index (χ1v) is 10.9. The first-order valence-electron chi connectivity index (χ1n) is 9.97. The maximum Gasteiger partial charge on any atom is 0.242 e. The number of benzene rings is 4. The topological polar surface area (TPSA) is 58.2 Å². The summed E-state index contributed by atoms with van der Waals surface area (Å²) >= 11 is 1.45. The average Bonchev–Trinajstić information content (AvgIpc) is 2.78. The predicted molar refractivity (Wildman–Crippen MR) is 128 cm³/mol. The third-order valence-electron chi connectivity index (χ3n) is 4.77. The molecule has 2 amide bonds. The lowest BCUT2D eigenvalue weighted by Gasteiger charge is -2.18. The van der Waals surface area contributed by atoms with E-state index in [0.717, 1.165) is 26.9 Å². The quantitative estimate of drug-likeness (QED) is 0.357. The molecular formula is C26H22N2O2S. The average molecular weight is 427 g/mol. The summed E-state index contributed by atoms with van der Waals surface area (Å²) in [6, 6.07) is 31.2. The highest BCUT2D eigenvalue weighted by atomic mass is 32.2. The summed E-state index contributed by atoms with van der Waals surface area (Å²) in [5.41, 5.74) is 2.38. The van der Waals surface area contributed by atoms with Gasteiger partial charge in [-0.2, -0.15) is 0 Å². The van der Waals surface area contributed by atoms with Crippen molar-refractivity contribution < 1.29 is 9.59 Å². The van der Waals surface area contributed by atoms with Gasteiger partial charge >= 0.3 is 0 Å². The Hall–Kier alpha value is -3.57. The molecule has 0 aliphatic carbocycles. The van der Waals surface area contributed by atoms with Gasteiger partial charge in [0.25, 0.3) is 0 Å². The number of anilines is 2. The Morgan fingerprint density at radius 2 is 1.42 bits per heavy atom. The van der Waals surface area contributed by atoms with Crippen LogP contribution in [0.4, 0.5) is 11.4 Å². The van der Waals surface area contributed by atoms with Crippen molar-refractivity contribution >= 4 is 45.7 Å². The van der Waals surface area contributed by atoms with Crippen LogP contribution in [0.2, 0.25) is 0 Å². The first-order chi connectivity index (χ1) is 15.1. The van der Waals surface area contributed by atoms with Gasteiger partial charge in [-0.05, 0) is 46.7 Å². The van der Waals surface area contributed by atoms with E-state index in [1.54, 1.807) is 0 Å². The first kappa shape index (κ1) is 20.7. The molecule has 0 heterocycles. The normalized spacial score (nSPS) is 11.6. The summed E-state index contributed by atoms with van der Waals surface area (Å²) in [5.74, 6) is -0.229. The van der Waals surface area contributed by atoms with Crippen LogP contribution in [-0.2, 0) is 9.59 Å². The molecule has 0 aromatic heterocycles. The minimum Gasteiger partial charge on any atom is -0.326 e. The maximum absolute atomic E-state index is 13.3. The van der Waals surface area contributed by atoms with Crippen LogP contribution in [0.5, 0.6) is 0 Å². The minimum absolute atomic E-state index is 0.101. The van der Waals surface area contributed by atoms with E-state index in [9.17, 15) is 9.59 Å². The highest BCUT2D eigenvalue weighted by Gasteiger charge is 2.22. The summed E-state index contributed by atoms with van der Waals surface area (Å²) in [4.78, 5) is 25.6. The number of nitrogens with one attached hydrogen (secondary N) is 2. The summed E-state index contributed by atoms with van der Waals surface area (Å²) in [6.07, 6.45) is 0. The van der Waals surface area contributed by atoms with E-state index < -0.39 is 5.25 Å². The monoisotopic (exact) mass is 426 g/mol. The van der Waals surface area contributed by atoms with Gasteiger partial charge in [0, 0.05) is 23.2 Å². The van der Waals surface area contributed by atoms with Crippen molar-refractivity contribution in [3.05, 3.63) is 103 Å². The van der Waals surface area contributed by atoms with Gasteiger partial charge in [0.1, 0.15) is 5.25 Å². The molecule has 31 heavy (non-hydrogen) atoms. The van der Waals surface area contributed by atoms with E-state index in [1.807, 2.05) is 97.1 Å². The molecule has 0 saturated heterocycles.